The van der Waals surface area contributed by atoms with Crippen molar-refractivity contribution in [1.29, 1.82) is 0 Å². The second kappa shape index (κ2) is 5.96. The summed E-state index contributed by atoms with van der Waals surface area (Å²) >= 11 is 0. The Morgan fingerprint density at radius 2 is 1.90 bits per heavy atom. The van der Waals surface area contributed by atoms with Gasteiger partial charge in [-0.15, -0.1) is 0 Å². The number of carboxylic acid groups (broad SMARTS) is 1. The van der Waals surface area contributed by atoms with Crippen LogP contribution in [0.3, 0.4) is 0 Å². The van der Waals surface area contributed by atoms with Gasteiger partial charge in [-0.25, -0.2) is 0 Å². The van der Waals surface area contributed by atoms with Crippen LogP contribution >= 0.6 is 0 Å². The standard InChI is InChI=1S/C17H23NO2/c19-17(20)12-16(18-8-1-2-9-18)11-13-6-7-14-4-3-5-15(14)10-13/h6-7,10,16H,1-5,8-9,11-12H2,(H,19,20). The van der Waals surface area contributed by atoms with E-state index in [1.165, 1.54) is 48.8 Å². The molecule has 1 fully saturated rings. The van der Waals surface area contributed by atoms with E-state index in [9.17, 15) is 4.79 Å². The maximum Gasteiger partial charge on any atom is 0.304 e. The number of carbonyl (C=O) groups is 1. The summed E-state index contributed by atoms with van der Waals surface area (Å²) in [5.41, 5.74) is 4.28. The highest BCUT2D eigenvalue weighted by Gasteiger charge is 2.24. The molecule has 20 heavy (non-hydrogen) atoms. The molecule has 0 bridgehead atoms. The van der Waals surface area contributed by atoms with E-state index >= 15 is 0 Å². The van der Waals surface area contributed by atoms with Crippen molar-refractivity contribution in [3.05, 3.63) is 34.9 Å². The van der Waals surface area contributed by atoms with Crippen LogP contribution in [0, 0.1) is 0 Å². The molecule has 1 aliphatic carbocycles. The predicted octanol–water partition coefficient (Wildman–Crippen LogP) is 2.66. The Morgan fingerprint density at radius 3 is 2.65 bits per heavy atom. The molecule has 0 amide bonds. The van der Waals surface area contributed by atoms with E-state index in [0.29, 0.717) is 0 Å². The average Bonchev–Trinajstić information content (AvgIpc) is 3.08. The molecule has 108 valence electrons. The molecule has 0 radical (unpaired) electrons. The highest BCUT2D eigenvalue weighted by molar-refractivity contribution is 5.67. The van der Waals surface area contributed by atoms with Gasteiger partial charge in [0, 0.05) is 6.04 Å². The number of aryl methyl sites for hydroxylation is 2. The minimum Gasteiger partial charge on any atom is -0.481 e. The normalized spacial score (nSPS) is 20.0. The molecule has 1 aromatic carbocycles. The van der Waals surface area contributed by atoms with E-state index in [1.54, 1.807) is 0 Å². The third kappa shape index (κ3) is 3.04. The summed E-state index contributed by atoms with van der Waals surface area (Å²) in [4.78, 5) is 13.5. The van der Waals surface area contributed by atoms with Crippen molar-refractivity contribution in [2.45, 2.75) is 51.0 Å². The van der Waals surface area contributed by atoms with Gasteiger partial charge >= 0.3 is 5.97 Å². The zero-order chi connectivity index (χ0) is 13.9. The Hall–Kier alpha value is -1.35. The number of rotatable bonds is 5. The Kier molecular flexibility index (Phi) is 4.06. The summed E-state index contributed by atoms with van der Waals surface area (Å²) in [5, 5.41) is 9.15. The molecule has 1 atom stereocenters. The fourth-order valence-corrected chi connectivity index (χ4v) is 3.66. The number of nitrogens with zero attached hydrogens (tertiary/aromatic N) is 1. The van der Waals surface area contributed by atoms with Crippen LogP contribution in [0.4, 0.5) is 0 Å². The summed E-state index contributed by atoms with van der Waals surface area (Å²) in [7, 11) is 0. The van der Waals surface area contributed by atoms with E-state index in [4.69, 9.17) is 5.11 Å². The van der Waals surface area contributed by atoms with Gasteiger partial charge in [0.2, 0.25) is 0 Å². The lowest BCUT2D eigenvalue weighted by Crippen LogP contribution is -2.36. The molecule has 0 saturated carbocycles. The van der Waals surface area contributed by atoms with Crippen molar-refractivity contribution in [3.63, 3.8) is 0 Å². The molecular weight excluding hydrogens is 250 g/mol. The first kappa shape index (κ1) is 13.6. The Morgan fingerprint density at radius 1 is 1.15 bits per heavy atom. The number of benzene rings is 1. The van der Waals surface area contributed by atoms with Gasteiger partial charge in [0.15, 0.2) is 0 Å². The molecule has 2 aliphatic rings. The zero-order valence-corrected chi connectivity index (χ0v) is 12.0. The van der Waals surface area contributed by atoms with Gasteiger partial charge in [0.1, 0.15) is 0 Å². The van der Waals surface area contributed by atoms with Gasteiger partial charge in [-0.1, -0.05) is 18.2 Å². The van der Waals surface area contributed by atoms with Gasteiger partial charge in [0.25, 0.3) is 0 Å². The number of hydrogen-bond donors (Lipinski definition) is 1. The van der Waals surface area contributed by atoms with Crippen LogP contribution < -0.4 is 0 Å². The van der Waals surface area contributed by atoms with E-state index in [-0.39, 0.29) is 12.5 Å². The molecule has 1 aliphatic heterocycles. The van der Waals surface area contributed by atoms with E-state index in [2.05, 4.69) is 23.1 Å². The SMILES string of the molecule is O=C(O)CC(Cc1ccc2c(c1)CCC2)N1CCCC1. The van der Waals surface area contributed by atoms with Gasteiger partial charge in [-0.2, -0.15) is 0 Å². The van der Waals surface area contributed by atoms with Crippen LogP contribution in [0.15, 0.2) is 18.2 Å². The summed E-state index contributed by atoms with van der Waals surface area (Å²) < 4.78 is 0. The molecule has 0 aromatic heterocycles. The quantitative estimate of drug-likeness (QED) is 0.896. The minimum absolute atomic E-state index is 0.162. The maximum absolute atomic E-state index is 11.1. The number of hydrogen-bond acceptors (Lipinski definition) is 2. The first-order chi connectivity index (χ1) is 9.72. The second-order valence-electron chi connectivity index (χ2n) is 6.16. The van der Waals surface area contributed by atoms with Crippen molar-refractivity contribution in [1.82, 2.24) is 4.90 Å². The van der Waals surface area contributed by atoms with E-state index < -0.39 is 5.97 Å². The highest BCUT2D eigenvalue weighted by atomic mass is 16.4. The fraction of sp³-hybridized carbons (Fsp3) is 0.588. The zero-order valence-electron chi connectivity index (χ0n) is 12.0. The molecule has 3 rings (SSSR count). The van der Waals surface area contributed by atoms with Crippen LogP contribution in [0.1, 0.15) is 42.4 Å². The number of fused-ring (bicyclic) bond motifs is 1. The summed E-state index contributed by atoms with van der Waals surface area (Å²) in [6.07, 6.45) is 7.22. The van der Waals surface area contributed by atoms with Crippen LogP contribution in [0.2, 0.25) is 0 Å². The predicted molar refractivity (Wildman–Crippen MR) is 79.0 cm³/mol. The first-order valence-electron chi connectivity index (χ1n) is 7.79. The molecule has 3 nitrogen and oxygen atoms in total. The van der Waals surface area contributed by atoms with Crippen molar-refractivity contribution >= 4 is 5.97 Å². The van der Waals surface area contributed by atoms with Crippen LogP contribution in [0.5, 0.6) is 0 Å². The Bertz CT molecular complexity index is 492. The Labute approximate surface area is 120 Å². The molecule has 1 N–H and O–H groups in total. The second-order valence-corrected chi connectivity index (χ2v) is 6.16. The minimum atomic E-state index is -0.678. The molecule has 1 saturated heterocycles. The van der Waals surface area contributed by atoms with Crippen molar-refractivity contribution < 1.29 is 9.90 Å². The molecule has 0 spiro atoms. The van der Waals surface area contributed by atoms with Crippen LogP contribution in [-0.4, -0.2) is 35.1 Å². The molecule has 1 heterocycles. The lowest BCUT2D eigenvalue weighted by atomic mass is 9.98. The highest BCUT2D eigenvalue weighted by Crippen LogP contribution is 2.25. The smallest absolute Gasteiger partial charge is 0.304 e. The summed E-state index contributed by atoms with van der Waals surface area (Å²) in [6, 6.07) is 6.93. The lowest BCUT2D eigenvalue weighted by Gasteiger charge is -2.26. The number of aliphatic carboxylic acids is 1. The molecule has 1 unspecified atom stereocenters. The lowest BCUT2D eigenvalue weighted by molar-refractivity contribution is -0.138. The van der Waals surface area contributed by atoms with Crippen molar-refractivity contribution in [2.75, 3.05) is 13.1 Å². The molecular formula is C17H23NO2. The van der Waals surface area contributed by atoms with Gasteiger partial charge in [-0.3, -0.25) is 9.69 Å². The summed E-state index contributed by atoms with van der Waals surface area (Å²) in [5.74, 6) is -0.678. The molecule has 3 heteroatoms. The Balaban J connectivity index is 1.73. The first-order valence-corrected chi connectivity index (χ1v) is 7.79. The third-order valence-corrected chi connectivity index (χ3v) is 4.70. The fourth-order valence-electron chi connectivity index (χ4n) is 3.66. The summed E-state index contributed by atoms with van der Waals surface area (Å²) in [6.45, 7) is 2.12. The van der Waals surface area contributed by atoms with Crippen molar-refractivity contribution in [3.8, 4) is 0 Å². The monoisotopic (exact) mass is 273 g/mol. The van der Waals surface area contributed by atoms with E-state index in [0.717, 1.165) is 19.5 Å². The van der Waals surface area contributed by atoms with Gasteiger partial charge in [-0.05, 0) is 68.3 Å². The van der Waals surface area contributed by atoms with E-state index in [1.807, 2.05) is 0 Å². The number of likely N-dealkylation sites (tertiary alicyclic amines) is 1. The third-order valence-electron chi connectivity index (χ3n) is 4.70. The van der Waals surface area contributed by atoms with Crippen molar-refractivity contribution in [2.24, 2.45) is 0 Å². The molecule has 1 aromatic rings. The average molecular weight is 273 g/mol. The van der Waals surface area contributed by atoms with Gasteiger partial charge in [0.05, 0.1) is 6.42 Å². The van der Waals surface area contributed by atoms with Gasteiger partial charge < -0.3 is 5.11 Å². The van der Waals surface area contributed by atoms with Crippen LogP contribution in [0.25, 0.3) is 0 Å². The largest absolute Gasteiger partial charge is 0.481 e. The van der Waals surface area contributed by atoms with Crippen LogP contribution in [-0.2, 0) is 24.1 Å². The topological polar surface area (TPSA) is 40.5 Å². The number of carboxylic acids is 1. The maximum atomic E-state index is 11.1.